The first-order valence-corrected chi connectivity index (χ1v) is 9.09. The molecule has 1 amide bonds. The summed E-state index contributed by atoms with van der Waals surface area (Å²) in [7, 11) is 3.71. The van der Waals surface area contributed by atoms with Gasteiger partial charge in [-0.3, -0.25) is 14.4 Å². The van der Waals surface area contributed by atoms with Crippen molar-refractivity contribution >= 4 is 5.91 Å². The Kier molecular flexibility index (Phi) is 5.66. The van der Waals surface area contributed by atoms with Gasteiger partial charge in [-0.15, -0.1) is 0 Å². The fourth-order valence-corrected chi connectivity index (χ4v) is 3.91. The molecule has 0 spiro atoms. The van der Waals surface area contributed by atoms with E-state index in [1.165, 1.54) is 17.7 Å². The van der Waals surface area contributed by atoms with E-state index in [-0.39, 0.29) is 17.6 Å². The number of hydrogen-bond acceptors (Lipinski definition) is 4. The van der Waals surface area contributed by atoms with Crippen LogP contribution in [-0.2, 0) is 7.05 Å². The molecule has 140 valence electrons. The summed E-state index contributed by atoms with van der Waals surface area (Å²) in [5, 5.41) is 4.33. The first kappa shape index (κ1) is 18.5. The molecule has 1 fully saturated rings. The molecule has 0 saturated carbocycles. The van der Waals surface area contributed by atoms with Gasteiger partial charge in [-0.2, -0.15) is 5.10 Å². The third-order valence-electron chi connectivity index (χ3n) is 5.13. The number of hydrogen-bond donors (Lipinski definition) is 0. The maximum Gasteiger partial charge on any atom is 0.272 e. The number of aromatic nitrogens is 3. The van der Waals surface area contributed by atoms with Crippen LogP contribution in [0.3, 0.4) is 0 Å². The van der Waals surface area contributed by atoms with Crippen molar-refractivity contribution in [3.63, 3.8) is 0 Å². The average Bonchev–Trinajstić information content (AvgIpc) is 3.07. The number of pyridine rings is 1. The number of carbonyl (C=O) groups excluding carboxylic acids is 1. The number of halogens is 1. The normalized spacial score (nSPS) is 20.9. The van der Waals surface area contributed by atoms with Crippen LogP contribution in [0.2, 0.25) is 0 Å². The number of amides is 1. The van der Waals surface area contributed by atoms with Crippen molar-refractivity contribution in [2.24, 2.45) is 13.0 Å². The Hall–Kier alpha value is -2.28. The number of piperidine rings is 1. The van der Waals surface area contributed by atoms with Gasteiger partial charge in [-0.1, -0.05) is 6.92 Å². The fourth-order valence-electron chi connectivity index (χ4n) is 3.91. The van der Waals surface area contributed by atoms with Gasteiger partial charge in [0.1, 0.15) is 11.5 Å². The second-order valence-electron chi connectivity index (χ2n) is 6.97. The highest BCUT2D eigenvalue weighted by Crippen LogP contribution is 2.36. The molecule has 0 aromatic carbocycles. The largest absolute Gasteiger partial charge is 0.340 e. The summed E-state index contributed by atoms with van der Waals surface area (Å²) in [5.41, 5.74) is 1.47. The summed E-state index contributed by atoms with van der Waals surface area (Å²) in [4.78, 5) is 20.7. The van der Waals surface area contributed by atoms with Crippen molar-refractivity contribution in [3.05, 3.63) is 47.8 Å². The summed E-state index contributed by atoms with van der Waals surface area (Å²) in [5.74, 6) is -0.294. The summed E-state index contributed by atoms with van der Waals surface area (Å²) in [6, 6.07) is 2.96. The van der Waals surface area contributed by atoms with E-state index in [0.29, 0.717) is 12.5 Å². The molecular formula is C19H26FN5O. The summed E-state index contributed by atoms with van der Waals surface area (Å²) in [6.07, 6.45) is 7.25. The zero-order chi connectivity index (χ0) is 18.7. The molecule has 26 heavy (non-hydrogen) atoms. The minimum atomic E-state index is -0.438. The molecule has 3 rings (SSSR count). The summed E-state index contributed by atoms with van der Waals surface area (Å²) < 4.78 is 14.9. The van der Waals surface area contributed by atoms with Crippen LogP contribution in [0.5, 0.6) is 0 Å². The van der Waals surface area contributed by atoms with E-state index in [1.54, 1.807) is 11.9 Å². The Balaban J connectivity index is 1.77. The van der Waals surface area contributed by atoms with E-state index in [1.807, 2.05) is 17.9 Å². The SMILES string of the molecule is CCN1CCC[C@@H](CN(C)C(=O)c2ccc(F)cn2)[C@@H]1c1cnn(C)c1. The lowest BCUT2D eigenvalue weighted by molar-refractivity contribution is 0.0584. The van der Waals surface area contributed by atoms with Crippen LogP contribution in [0.1, 0.15) is 41.9 Å². The minimum Gasteiger partial charge on any atom is -0.340 e. The maximum absolute atomic E-state index is 13.0. The lowest BCUT2D eigenvalue weighted by Crippen LogP contribution is -2.44. The standard InChI is InChI=1S/C19H26FN5O/c1-4-25-9-5-6-14(18(25)15-10-22-24(3)13-15)12-23(2)19(26)17-8-7-16(20)11-21-17/h7-8,10-11,13-14,18H,4-6,9,12H2,1-3H3/t14-,18+/m0/s1. The van der Waals surface area contributed by atoms with Gasteiger partial charge >= 0.3 is 0 Å². The van der Waals surface area contributed by atoms with Crippen LogP contribution < -0.4 is 0 Å². The van der Waals surface area contributed by atoms with Gasteiger partial charge in [0.2, 0.25) is 0 Å². The molecule has 0 N–H and O–H groups in total. The second kappa shape index (κ2) is 7.95. The predicted molar refractivity (Wildman–Crippen MR) is 97.1 cm³/mol. The smallest absolute Gasteiger partial charge is 0.272 e. The Morgan fingerprint density at radius 1 is 1.38 bits per heavy atom. The van der Waals surface area contributed by atoms with Gasteiger partial charge in [-0.05, 0) is 44.0 Å². The molecule has 6 nitrogen and oxygen atoms in total. The molecule has 0 bridgehead atoms. The van der Waals surface area contributed by atoms with E-state index in [0.717, 1.165) is 32.1 Å². The number of likely N-dealkylation sites (tertiary alicyclic amines) is 1. The van der Waals surface area contributed by atoms with Crippen molar-refractivity contribution in [1.82, 2.24) is 24.6 Å². The highest BCUT2D eigenvalue weighted by Gasteiger charge is 2.34. The molecule has 7 heteroatoms. The van der Waals surface area contributed by atoms with Crippen LogP contribution >= 0.6 is 0 Å². The molecule has 1 aliphatic rings. The van der Waals surface area contributed by atoms with Crippen LogP contribution in [0.4, 0.5) is 4.39 Å². The molecule has 1 saturated heterocycles. The summed E-state index contributed by atoms with van der Waals surface area (Å²) >= 11 is 0. The molecule has 2 aromatic rings. The highest BCUT2D eigenvalue weighted by molar-refractivity contribution is 5.92. The minimum absolute atomic E-state index is 0.177. The van der Waals surface area contributed by atoms with Crippen molar-refractivity contribution in [2.75, 3.05) is 26.7 Å². The average molecular weight is 359 g/mol. The Morgan fingerprint density at radius 3 is 2.81 bits per heavy atom. The first-order valence-electron chi connectivity index (χ1n) is 9.09. The van der Waals surface area contributed by atoms with E-state index in [9.17, 15) is 9.18 Å². The highest BCUT2D eigenvalue weighted by atomic mass is 19.1. The van der Waals surface area contributed by atoms with Gasteiger partial charge in [0.25, 0.3) is 5.91 Å². The van der Waals surface area contributed by atoms with Crippen LogP contribution in [0.25, 0.3) is 0 Å². The van der Waals surface area contributed by atoms with Crippen LogP contribution in [0, 0.1) is 11.7 Å². The van der Waals surface area contributed by atoms with E-state index >= 15 is 0 Å². The third kappa shape index (κ3) is 3.93. The molecule has 3 heterocycles. The Bertz CT molecular complexity index is 745. The maximum atomic E-state index is 13.0. The van der Waals surface area contributed by atoms with Gasteiger partial charge in [0, 0.05) is 38.4 Å². The number of aryl methyl sites for hydroxylation is 1. The third-order valence-corrected chi connectivity index (χ3v) is 5.13. The van der Waals surface area contributed by atoms with Crippen LogP contribution in [-0.4, -0.2) is 57.2 Å². The van der Waals surface area contributed by atoms with Crippen molar-refractivity contribution in [3.8, 4) is 0 Å². The van der Waals surface area contributed by atoms with Crippen molar-refractivity contribution in [1.29, 1.82) is 0 Å². The first-order chi connectivity index (χ1) is 12.5. The quantitative estimate of drug-likeness (QED) is 0.823. The second-order valence-corrected chi connectivity index (χ2v) is 6.97. The van der Waals surface area contributed by atoms with Gasteiger partial charge in [0.05, 0.1) is 12.4 Å². The van der Waals surface area contributed by atoms with Crippen molar-refractivity contribution in [2.45, 2.75) is 25.8 Å². The Labute approximate surface area is 153 Å². The monoisotopic (exact) mass is 359 g/mol. The molecule has 2 aromatic heterocycles. The predicted octanol–water partition coefficient (Wildman–Crippen LogP) is 2.50. The Morgan fingerprint density at radius 2 is 2.19 bits per heavy atom. The lowest BCUT2D eigenvalue weighted by Gasteiger charge is -2.42. The summed E-state index contributed by atoms with van der Waals surface area (Å²) in [6.45, 7) is 4.83. The van der Waals surface area contributed by atoms with Crippen molar-refractivity contribution < 1.29 is 9.18 Å². The number of carbonyl (C=O) groups is 1. The van der Waals surface area contributed by atoms with E-state index in [4.69, 9.17) is 0 Å². The zero-order valence-electron chi connectivity index (χ0n) is 15.6. The molecule has 2 atom stereocenters. The van der Waals surface area contributed by atoms with Gasteiger partial charge in [-0.25, -0.2) is 9.37 Å². The molecule has 0 unspecified atom stereocenters. The van der Waals surface area contributed by atoms with E-state index < -0.39 is 5.82 Å². The topological polar surface area (TPSA) is 54.3 Å². The molecular weight excluding hydrogens is 333 g/mol. The number of rotatable bonds is 5. The van der Waals surface area contributed by atoms with E-state index in [2.05, 4.69) is 28.1 Å². The van der Waals surface area contributed by atoms with Gasteiger partial charge < -0.3 is 4.90 Å². The van der Waals surface area contributed by atoms with Gasteiger partial charge in [0.15, 0.2) is 0 Å². The molecule has 1 aliphatic heterocycles. The fraction of sp³-hybridized carbons (Fsp3) is 0.526. The molecule has 0 aliphatic carbocycles. The lowest BCUT2D eigenvalue weighted by atomic mass is 9.85. The van der Waals surface area contributed by atoms with Crippen LogP contribution in [0.15, 0.2) is 30.7 Å². The molecule has 0 radical (unpaired) electrons. The number of nitrogens with zero attached hydrogens (tertiary/aromatic N) is 5. The zero-order valence-corrected chi connectivity index (χ0v) is 15.6.